The lowest BCUT2D eigenvalue weighted by Gasteiger charge is -2.09. The Bertz CT molecular complexity index is 1200. The smallest absolute Gasteiger partial charge is 0.359 e. The van der Waals surface area contributed by atoms with E-state index in [4.69, 9.17) is 0 Å². The van der Waals surface area contributed by atoms with Gasteiger partial charge in [0.2, 0.25) is 0 Å². The lowest BCUT2D eigenvalue weighted by Crippen LogP contribution is -2.04. The average molecular weight is 431 g/mol. The number of hydrogen-bond acceptors (Lipinski definition) is 2. The monoisotopic (exact) mass is 431 g/mol. The summed E-state index contributed by atoms with van der Waals surface area (Å²) < 4.78 is 64.9. The molecule has 3 nitrogen and oxygen atoms in total. The number of aryl methyl sites for hydroxylation is 1. The number of alkyl halides is 3. The molecule has 160 valence electrons. The van der Waals surface area contributed by atoms with E-state index in [1.165, 1.54) is 12.1 Å². The number of fused-ring (bicyclic) bond motifs is 1. The van der Waals surface area contributed by atoms with E-state index in [0.717, 1.165) is 41.1 Å². The lowest BCUT2D eigenvalue weighted by atomic mass is 10.0. The molecule has 4 rings (SSSR count). The topological polar surface area (TPSA) is 40.2 Å². The van der Waals surface area contributed by atoms with Crippen molar-refractivity contribution in [2.75, 3.05) is 11.9 Å². The van der Waals surface area contributed by atoms with Crippen LogP contribution in [-0.4, -0.2) is 17.2 Å². The fraction of sp³-hybridized carbons (Fsp3) is 0.174. The van der Waals surface area contributed by atoms with Crippen molar-refractivity contribution in [3.63, 3.8) is 0 Å². The molecule has 3 aromatic rings. The molecule has 0 unspecified atom stereocenters. The van der Waals surface area contributed by atoms with Crippen molar-refractivity contribution in [1.29, 1.82) is 0 Å². The Labute approximate surface area is 175 Å². The van der Waals surface area contributed by atoms with E-state index in [0.29, 0.717) is 41.7 Å². The number of nitrogens with one attached hydrogen (secondary N) is 2. The van der Waals surface area contributed by atoms with Gasteiger partial charge < -0.3 is 10.3 Å². The molecule has 2 heterocycles. The summed E-state index contributed by atoms with van der Waals surface area (Å²) in [5, 5.41) is 3.61. The molecule has 31 heavy (non-hydrogen) atoms. The third-order valence-electron chi connectivity index (χ3n) is 5.14. The number of rotatable bonds is 6. The van der Waals surface area contributed by atoms with E-state index in [9.17, 15) is 22.0 Å². The number of nitrogens with zero attached hydrogens (tertiary/aromatic N) is 1. The summed E-state index contributed by atoms with van der Waals surface area (Å²) in [4.78, 5) is 7.34. The Morgan fingerprint density at radius 2 is 1.77 bits per heavy atom. The summed E-state index contributed by atoms with van der Waals surface area (Å²) in [6.45, 7) is 4.42. The zero-order valence-electron chi connectivity index (χ0n) is 16.3. The van der Waals surface area contributed by atoms with Gasteiger partial charge >= 0.3 is 6.18 Å². The van der Waals surface area contributed by atoms with Gasteiger partial charge in [0.05, 0.1) is 23.3 Å². The van der Waals surface area contributed by atoms with Crippen molar-refractivity contribution in [2.24, 2.45) is 4.99 Å². The number of anilines is 1. The summed E-state index contributed by atoms with van der Waals surface area (Å²) in [5.41, 5.74) is 3.41. The summed E-state index contributed by atoms with van der Waals surface area (Å²) >= 11 is 0. The van der Waals surface area contributed by atoms with Crippen LogP contribution in [0.15, 0.2) is 71.5 Å². The fourth-order valence-electron chi connectivity index (χ4n) is 3.41. The molecule has 0 fully saturated rings. The van der Waals surface area contributed by atoms with Crippen molar-refractivity contribution >= 4 is 22.3 Å². The van der Waals surface area contributed by atoms with Crippen molar-refractivity contribution in [2.45, 2.75) is 19.0 Å². The van der Waals surface area contributed by atoms with Gasteiger partial charge in [0.15, 0.2) is 11.6 Å². The normalized spacial score (nSPS) is 14.0. The van der Waals surface area contributed by atoms with Gasteiger partial charge in [0.1, 0.15) is 0 Å². The first kappa shape index (κ1) is 20.8. The SMILES string of the molecule is C=C(Nc1c[nH]c2cc(F)c(F)cc12)C1=CC(CCc2ccc(C(F)(F)F)cc2)=NC1. The van der Waals surface area contributed by atoms with Crippen LogP contribution in [-0.2, 0) is 12.6 Å². The zero-order valence-corrected chi connectivity index (χ0v) is 16.3. The van der Waals surface area contributed by atoms with E-state index < -0.39 is 23.4 Å². The zero-order chi connectivity index (χ0) is 22.2. The predicted molar refractivity (Wildman–Crippen MR) is 111 cm³/mol. The average Bonchev–Trinajstić information content (AvgIpc) is 3.34. The maximum Gasteiger partial charge on any atom is 0.416 e. The van der Waals surface area contributed by atoms with Gasteiger partial charge in [0, 0.05) is 29.1 Å². The fourth-order valence-corrected chi connectivity index (χ4v) is 3.41. The summed E-state index contributed by atoms with van der Waals surface area (Å²) in [7, 11) is 0. The van der Waals surface area contributed by atoms with E-state index in [1.807, 2.05) is 6.08 Å². The van der Waals surface area contributed by atoms with Gasteiger partial charge in [-0.15, -0.1) is 0 Å². The van der Waals surface area contributed by atoms with E-state index >= 15 is 0 Å². The molecule has 2 aromatic carbocycles. The first-order valence-corrected chi connectivity index (χ1v) is 9.53. The number of benzene rings is 2. The molecule has 8 heteroatoms. The Morgan fingerprint density at radius 1 is 1.06 bits per heavy atom. The van der Waals surface area contributed by atoms with Gasteiger partial charge in [-0.3, -0.25) is 4.99 Å². The maximum atomic E-state index is 13.6. The molecule has 0 saturated carbocycles. The molecule has 0 bridgehead atoms. The Kier molecular flexibility index (Phi) is 5.39. The highest BCUT2D eigenvalue weighted by Gasteiger charge is 2.29. The maximum absolute atomic E-state index is 13.6. The second-order valence-corrected chi connectivity index (χ2v) is 7.29. The van der Waals surface area contributed by atoms with Gasteiger partial charge in [-0.1, -0.05) is 18.7 Å². The van der Waals surface area contributed by atoms with E-state index in [-0.39, 0.29) is 0 Å². The Hall–Kier alpha value is -3.42. The molecule has 0 radical (unpaired) electrons. The van der Waals surface area contributed by atoms with Gasteiger partial charge in [-0.2, -0.15) is 13.2 Å². The van der Waals surface area contributed by atoms with E-state index in [1.54, 1.807) is 6.20 Å². The molecule has 0 spiro atoms. The minimum absolute atomic E-state index is 0.416. The second kappa shape index (κ2) is 8.02. The van der Waals surface area contributed by atoms with Crippen LogP contribution in [0.1, 0.15) is 17.5 Å². The first-order valence-electron chi connectivity index (χ1n) is 9.53. The minimum atomic E-state index is -4.34. The molecule has 0 amide bonds. The van der Waals surface area contributed by atoms with Crippen molar-refractivity contribution in [3.05, 3.63) is 89.3 Å². The molecular weight excluding hydrogens is 413 g/mol. The van der Waals surface area contributed by atoms with Crippen LogP contribution in [0.2, 0.25) is 0 Å². The molecule has 1 aromatic heterocycles. The highest BCUT2D eigenvalue weighted by atomic mass is 19.4. The lowest BCUT2D eigenvalue weighted by molar-refractivity contribution is -0.137. The molecule has 0 saturated heterocycles. The highest BCUT2D eigenvalue weighted by Crippen LogP contribution is 2.30. The number of halogens is 5. The van der Waals surface area contributed by atoms with Crippen molar-refractivity contribution in [1.82, 2.24) is 4.98 Å². The third kappa shape index (κ3) is 4.52. The van der Waals surface area contributed by atoms with Crippen LogP contribution in [0.3, 0.4) is 0 Å². The summed E-state index contributed by atoms with van der Waals surface area (Å²) in [6.07, 6.45) is 0.294. The van der Waals surface area contributed by atoms with Crippen LogP contribution in [0.25, 0.3) is 10.9 Å². The van der Waals surface area contributed by atoms with Crippen LogP contribution in [0.4, 0.5) is 27.6 Å². The van der Waals surface area contributed by atoms with Gasteiger partial charge in [-0.05, 0) is 48.3 Å². The molecule has 1 aliphatic heterocycles. The van der Waals surface area contributed by atoms with Crippen molar-refractivity contribution in [3.8, 4) is 0 Å². The Morgan fingerprint density at radius 3 is 2.48 bits per heavy atom. The van der Waals surface area contributed by atoms with Gasteiger partial charge in [-0.25, -0.2) is 8.78 Å². The summed E-state index contributed by atoms with van der Waals surface area (Å²) in [6, 6.07) is 7.32. The number of allylic oxidation sites excluding steroid dienone is 1. The first-order chi connectivity index (χ1) is 14.7. The molecule has 1 aliphatic rings. The third-order valence-corrected chi connectivity index (χ3v) is 5.14. The standard InChI is InChI=1S/C23H18F5N3/c1-13(31-22-12-30-21-10-20(25)19(24)9-18(21)22)15-8-17(29-11-15)7-4-14-2-5-16(6-3-14)23(26,27)28/h2-3,5-6,8-10,12,30-31H,1,4,7,11H2. The highest BCUT2D eigenvalue weighted by molar-refractivity contribution is 5.99. The Balaban J connectivity index is 1.38. The number of aliphatic imine (C=N–C) groups is 1. The number of hydrogen-bond donors (Lipinski definition) is 2. The second-order valence-electron chi connectivity index (χ2n) is 7.29. The van der Waals surface area contributed by atoms with Crippen molar-refractivity contribution < 1.29 is 22.0 Å². The quantitative estimate of drug-likeness (QED) is 0.436. The molecular formula is C23H18F5N3. The van der Waals surface area contributed by atoms with Crippen LogP contribution < -0.4 is 5.32 Å². The van der Waals surface area contributed by atoms with Crippen LogP contribution >= 0.6 is 0 Å². The molecule has 0 aliphatic carbocycles. The van der Waals surface area contributed by atoms with Crippen LogP contribution in [0.5, 0.6) is 0 Å². The minimum Gasteiger partial charge on any atom is -0.359 e. The molecule has 0 atom stereocenters. The number of H-pyrrole nitrogens is 1. The van der Waals surface area contributed by atoms with Gasteiger partial charge in [0.25, 0.3) is 0 Å². The number of aromatic nitrogens is 1. The number of aromatic amines is 1. The summed E-state index contributed by atoms with van der Waals surface area (Å²) in [5.74, 6) is -1.86. The largest absolute Gasteiger partial charge is 0.416 e. The van der Waals surface area contributed by atoms with E-state index in [2.05, 4.69) is 21.9 Å². The molecule has 2 N–H and O–H groups in total. The predicted octanol–water partition coefficient (Wildman–Crippen LogP) is 6.40. The van der Waals surface area contributed by atoms with Crippen LogP contribution in [0, 0.1) is 11.6 Å².